The van der Waals surface area contributed by atoms with E-state index in [2.05, 4.69) is 4.98 Å². The van der Waals surface area contributed by atoms with Crippen LogP contribution in [0.2, 0.25) is 0 Å². The number of anilines is 1. The fourth-order valence-electron chi connectivity index (χ4n) is 2.73. The van der Waals surface area contributed by atoms with Gasteiger partial charge < -0.3 is 9.64 Å². The predicted octanol–water partition coefficient (Wildman–Crippen LogP) is 4.82. The lowest BCUT2D eigenvalue weighted by Gasteiger charge is -2.21. The number of esters is 1. The van der Waals surface area contributed by atoms with E-state index in [4.69, 9.17) is 4.74 Å². The molecule has 2 aromatic heterocycles. The number of hydrogen-bond acceptors (Lipinski definition) is 6. The number of amides is 1. The quantitative estimate of drug-likeness (QED) is 0.510. The Bertz CT molecular complexity index is 1020. The third kappa shape index (κ3) is 4.36. The van der Waals surface area contributed by atoms with E-state index in [-0.39, 0.29) is 36.6 Å². The summed E-state index contributed by atoms with van der Waals surface area (Å²) >= 11 is 2.50. The number of rotatable bonds is 7. The lowest BCUT2D eigenvalue weighted by Crippen LogP contribution is -2.31. The molecule has 2 heterocycles. The van der Waals surface area contributed by atoms with E-state index in [0.29, 0.717) is 16.2 Å². The standard InChI is InChI=1S/C19H18F2N2O3S2/c1-3-26-17(25)7-6-16(24)23(14-8-9-27-11(14)2)10-15-22-13-5-4-12(20)18(21)19(13)28-15/h4-5,8-9H,3,6-7,10H2,1-2H3. The van der Waals surface area contributed by atoms with Gasteiger partial charge in [-0.2, -0.15) is 0 Å². The van der Waals surface area contributed by atoms with Crippen molar-refractivity contribution in [1.29, 1.82) is 0 Å². The monoisotopic (exact) mass is 424 g/mol. The van der Waals surface area contributed by atoms with E-state index in [1.807, 2.05) is 18.4 Å². The third-order valence-electron chi connectivity index (χ3n) is 4.06. The molecule has 0 aliphatic rings. The molecule has 1 aromatic carbocycles. The summed E-state index contributed by atoms with van der Waals surface area (Å²) in [6, 6.07) is 4.26. The minimum Gasteiger partial charge on any atom is -0.466 e. The number of thiophene rings is 1. The normalized spacial score (nSPS) is 11.0. The summed E-state index contributed by atoms with van der Waals surface area (Å²) in [6.07, 6.45) is -0.0337. The molecule has 0 unspecified atom stereocenters. The first-order valence-electron chi connectivity index (χ1n) is 8.64. The fourth-order valence-corrected chi connectivity index (χ4v) is 4.41. The molecular weight excluding hydrogens is 406 g/mol. The van der Waals surface area contributed by atoms with Gasteiger partial charge in [0.1, 0.15) is 5.01 Å². The molecule has 0 saturated heterocycles. The number of carbonyl (C=O) groups excluding carboxylic acids is 2. The first-order valence-corrected chi connectivity index (χ1v) is 10.3. The summed E-state index contributed by atoms with van der Waals surface area (Å²) in [4.78, 5) is 31.2. The third-order valence-corrected chi connectivity index (χ3v) is 5.94. The van der Waals surface area contributed by atoms with E-state index in [1.54, 1.807) is 6.92 Å². The number of halogens is 2. The molecule has 0 saturated carbocycles. The number of hydrogen-bond donors (Lipinski definition) is 0. The van der Waals surface area contributed by atoms with Gasteiger partial charge >= 0.3 is 5.97 Å². The van der Waals surface area contributed by atoms with Crippen LogP contribution >= 0.6 is 22.7 Å². The summed E-state index contributed by atoms with van der Waals surface area (Å²) in [5.41, 5.74) is 1.06. The van der Waals surface area contributed by atoms with Gasteiger partial charge in [0.15, 0.2) is 11.6 Å². The van der Waals surface area contributed by atoms with Gasteiger partial charge in [0, 0.05) is 11.3 Å². The number of aryl methyl sites for hydroxylation is 1. The summed E-state index contributed by atoms with van der Waals surface area (Å²) in [5, 5.41) is 2.35. The Kier molecular flexibility index (Phi) is 6.35. The van der Waals surface area contributed by atoms with Crippen molar-refractivity contribution in [2.45, 2.75) is 33.2 Å². The van der Waals surface area contributed by atoms with Gasteiger partial charge in [-0.25, -0.2) is 13.8 Å². The van der Waals surface area contributed by atoms with Crippen LogP contribution in [0.25, 0.3) is 10.2 Å². The number of benzene rings is 1. The van der Waals surface area contributed by atoms with Crippen molar-refractivity contribution in [2.24, 2.45) is 0 Å². The molecule has 9 heteroatoms. The number of carbonyl (C=O) groups is 2. The van der Waals surface area contributed by atoms with Crippen molar-refractivity contribution in [1.82, 2.24) is 4.98 Å². The zero-order valence-corrected chi connectivity index (χ0v) is 17.0. The maximum atomic E-state index is 14.0. The highest BCUT2D eigenvalue weighted by Gasteiger charge is 2.22. The Balaban J connectivity index is 1.86. The molecule has 0 N–H and O–H groups in total. The van der Waals surface area contributed by atoms with Gasteiger partial charge in [-0.3, -0.25) is 9.59 Å². The van der Waals surface area contributed by atoms with Crippen molar-refractivity contribution in [3.8, 4) is 0 Å². The van der Waals surface area contributed by atoms with Gasteiger partial charge in [-0.1, -0.05) is 0 Å². The lowest BCUT2D eigenvalue weighted by atomic mass is 10.2. The topological polar surface area (TPSA) is 59.5 Å². The van der Waals surface area contributed by atoms with Crippen LogP contribution in [0.4, 0.5) is 14.5 Å². The van der Waals surface area contributed by atoms with Crippen LogP contribution < -0.4 is 4.90 Å². The number of fused-ring (bicyclic) bond motifs is 1. The summed E-state index contributed by atoms with van der Waals surface area (Å²) in [7, 11) is 0. The van der Waals surface area contributed by atoms with Crippen LogP contribution in [0.15, 0.2) is 23.6 Å². The zero-order valence-electron chi connectivity index (χ0n) is 15.3. The molecule has 148 valence electrons. The minimum atomic E-state index is -0.937. The Morgan fingerprint density at radius 2 is 2.00 bits per heavy atom. The molecule has 0 aliphatic heterocycles. The van der Waals surface area contributed by atoms with Gasteiger partial charge in [0.2, 0.25) is 5.91 Å². The highest BCUT2D eigenvalue weighted by atomic mass is 32.1. The largest absolute Gasteiger partial charge is 0.466 e. The van der Waals surface area contributed by atoms with Crippen LogP contribution in [0, 0.1) is 18.6 Å². The van der Waals surface area contributed by atoms with Gasteiger partial charge in [-0.05, 0) is 37.4 Å². The second-order valence-corrected chi connectivity index (χ2v) is 8.17. The summed E-state index contributed by atoms with van der Waals surface area (Å²) < 4.78 is 32.4. The highest BCUT2D eigenvalue weighted by Crippen LogP contribution is 2.31. The van der Waals surface area contributed by atoms with Crippen molar-refractivity contribution < 1.29 is 23.1 Å². The zero-order chi connectivity index (χ0) is 20.3. The molecular formula is C19H18F2N2O3S2. The Morgan fingerprint density at radius 1 is 1.21 bits per heavy atom. The molecule has 5 nitrogen and oxygen atoms in total. The first kappa shape index (κ1) is 20.3. The van der Waals surface area contributed by atoms with Gasteiger partial charge in [0.05, 0.1) is 35.5 Å². The molecule has 0 radical (unpaired) electrons. The number of thiazole rings is 1. The van der Waals surface area contributed by atoms with Crippen LogP contribution in [-0.4, -0.2) is 23.5 Å². The van der Waals surface area contributed by atoms with Crippen molar-refractivity contribution in [3.63, 3.8) is 0 Å². The molecule has 0 aliphatic carbocycles. The molecule has 0 spiro atoms. The molecule has 1 amide bonds. The van der Waals surface area contributed by atoms with Gasteiger partial charge in [0.25, 0.3) is 0 Å². The molecule has 3 aromatic rings. The van der Waals surface area contributed by atoms with Crippen LogP contribution in [0.3, 0.4) is 0 Å². The van der Waals surface area contributed by atoms with Crippen molar-refractivity contribution >= 4 is 50.5 Å². The van der Waals surface area contributed by atoms with E-state index < -0.39 is 17.6 Å². The van der Waals surface area contributed by atoms with Crippen LogP contribution in [0.5, 0.6) is 0 Å². The molecule has 3 rings (SSSR count). The average Bonchev–Trinajstić information content (AvgIpc) is 3.27. The fraction of sp³-hybridized carbons (Fsp3) is 0.316. The first-order chi connectivity index (χ1) is 13.4. The molecule has 0 bridgehead atoms. The summed E-state index contributed by atoms with van der Waals surface area (Å²) in [6.45, 7) is 3.96. The lowest BCUT2D eigenvalue weighted by molar-refractivity contribution is -0.144. The Labute approximate surface area is 168 Å². The number of nitrogens with zero attached hydrogens (tertiary/aromatic N) is 2. The maximum absolute atomic E-state index is 14.0. The van der Waals surface area contributed by atoms with Crippen LogP contribution in [-0.2, 0) is 20.9 Å². The maximum Gasteiger partial charge on any atom is 0.306 e. The summed E-state index contributed by atoms with van der Waals surface area (Å²) in [5.74, 6) is -2.57. The Morgan fingerprint density at radius 3 is 2.68 bits per heavy atom. The second-order valence-electron chi connectivity index (χ2n) is 5.96. The van der Waals surface area contributed by atoms with E-state index in [0.717, 1.165) is 22.3 Å². The SMILES string of the molecule is CCOC(=O)CCC(=O)N(Cc1nc2ccc(F)c(F)c2s1)c1ccsc1C. The van der Waals surface area contributed by atoms with Crippen LogP contribution in [0.1, 0.15) is 29.7 Å². The van der Waals surface area contributed by atoms with Crippen molar-refractivity contribution in [2.75, 3.05) is 11.5 Å². The molecule has 0 atom stereocenters. The Hall–Kier alpha value is -2.39. The molecule has 0 fully saturated rings. The van der Waals surface area contributed by atoms with E-state index >= 15 is 0 Å². The van der Waals surface area contributed by atoms with E-state index in [1.165, 1.54) is 22.3 Å². The van der Waals surface area contributed by atoms with Gasteiger partial charge in [-0.15, -0.1) is 22.7 Å². The number of ether oxygens (including phenoxy) is 1. The second kappa shape index (κ2) is 8.74. The highest BCUT2D eigenvalue weighted by molar-refractivity contribution is 7.18. The minimum absolute atomic E-state index is 0.0119. The average molecular weight is 424 g/mol. The molecule has 28 heavy (non-hydrogen) atoms. The smallest absolute Gasteiger partial charge is 0.306 e. The predicted molar refractivity (Wildman–Crippen MR) is 106 cm³/mol. The van der Waals surface area contributed by atoms with Crippen molar-refractivity contribution in [3.05, 3.63) is 45.1 Å². The number of aromatic nitrogens is 1. The van der Waals surface area contributed by atoms with E-state index in [9.17, 15) is 18.4 Å².